The summed E-state index contributed by atoms with van der Waals surface area (Å²) in [5, 5.41) is 8.74. The predicted molar refractivity (Wildman–Crippen MR) is 120 cm³/mol. The molecule has 0 aliphatic heterocycles. The highest BCUT2D eigenvalue weighted by atomic mass is 16.5. The van der Waals surface area contributed by atoms with Crippen molar-refractivity contribution >= 4 is 28.9 Å². The summed E-state index contributed by atoms with van der Waals surface area (Å²) in [7, 11) is 0. The van der Waals surface area contributed by atoms with E-state index in [0.29, 0.717) is 35.0 Å². The molecule has 152 valence electrons. The molecule has 3 aromatic carbocycles. The molecular formula is C24H23N3O3. The third kappa shape index (κ3) is 5.97. The van der Waals surface area contributed by atoms with Crippen LogP contribution in [-0.4, -0.2) is 25.0 Å². The molecule has 6 nitrogen and oxygen atoms in total. The van der Waals surface area contributed by atoms with E-state index in [1.165, 1.54) is 0 Å². The number of hydrogen-bond acceptors (Lipinski definition) is 4. The quantitative estimate of drug-likeness (QED) is 0.460. The van der Waals surface area contributed by atoms with Gasteiger partial charge in [0.1, 0.15) is 12.4 Å². The summed E-state index contributed by atoms with van der Waals surface area (Å²) in [4.78, 5) is 24.6. The molecule has 3 aromatic rings. The summed E-state index contributed by atoms with van der Waals surface area (Å²) < 4.78 is 5.55. The molecule has 0 aromatic heterocycles. The predicted octanol–water partition coefficient (Wildman–Crippen LogP) is 4.55. The van der Waals surface area contributed by atoms with Crippen molar-refractivity contribution in [1.29, 1.82) is 0 Å². The standard InChI is InChI=1S/C24H23N3O3/c1-2-15-30-22-14-7-6-13-21(22)27-23(28)17-25-19-11-8-12-20(16-19)26-24(29)18-9-4-3-5-10-18/h2-14,16,25H,1,15,17H2,(H,26,29)(H,27,28). The second-order valence-corrected chi connectivity index (χ2v) is 6.40. The van der Waals surface area contributed by atoms with Crippen molar-refractivity contribution in [1.82, 2.24) is 0 Å². The van der Waals surface area contributed by atoms with Crippen molar-refractivity contribution < 1.29 is 14.3 Å². The smallest absolute Gasteiger partial charge is 0.255 e. The highest BCUT2D eigenvalue weighted by molar-refractivity contribution is 6.04. The zero-order chi connectivity index (χ0) is 21.2. The normalized spacial score (nSPS) is 10.0. The fraction of sp³-hybridized carbons (Fsp3) is 0.0833. The lowest BCUT2D eigenvalue weighted by Crippen LogP contribution is -2.22. The number of carbonyl (C=O) groups excluding carboxylic acids is 2. The molecule has 3 N–H and O–H groups in total. The van der Waals surface area contributed by atoms with Gasteiger partial charge in [-0.1, -0.05) is 49.1 Å². The SMILES string of the molecule is C=CCOc1ccccc1NC(=O)CNc1cccc(NC(=O)c2ccccc2)c1. The zero-order valence-corrected chi connectivity index (χ0v) is 16.4. The lowest BCUT2D eigenvalue weighted by atomic mass is 10.2. The summed E-state index contributed by atoms with van der Waals surface area (Å²) >= 11 is 0. The lowest BCUT2D eigenvalue weighted by Gasteiger charge is -2.12. The molecule has 0 aliphatic carbocycles. The molecule has 0 heterocycles. The van der Waals surface area contributed by atoms with Crippen LogP contribution < -0.4 is 20.7 Å². The topological polar surface area (TPSA) is 79.5 Å². The number of anilines is 3. The first-order valence-corrected chi connectivity index (χ1v) is 9.48. The van der Waals surface area contributed by atoms with Gasteiger partial charge in [-0.3, -0.25) is 9.59 Å². The van der Waals surface area contributed by atoms with Crippen molar-refractivity contribution in [3.05, 3.63) is 97.1 Å². The van der Waals surface area contributed by atoms with Crippen molar-refractivity contribution in [2.24, 2.45) is 0 Å². The summed E-state index contributed by atoms with van der Waals surface area (Å²) in [5.41, 5.74) is 2.52. The maximum absolute atomic E-state index is 12.3. The van der Waals surface area contributed by atoms with E-state index in [4.69, 9.17) is 4.74 Å². The maximum atomic E-state index is 12.3. The minimum absolute atomic E-state index is 0.0614. The summed E-state index contributed by atoms with van der Waals surface area (Å²) in [6.45, 7) is 4.04. The van der Waals surface area contributed by atoms with E-state index in [2.05, 4.69) is 22.5 Å². The maximum Gasteiger partial charge on any atom is 0.255 e. The summed E-state index contributed by atoms with van der Waals surface area (Å²) in [6.07, 6.45) is 1.64. The van der Waals surface area contributed by atoms with Gasteiger partial charge in [-0.05, 0) is 42.5 Å². The molecule has 0 saturated carbocycles. The second kappa shape index (κ2) is 10.5. The monoisotopic (exact) mass is 401 g/mol. The summed E-state index contributed by atoms with van der Waals surface area (Å²) in [6, 6.07) is 23.4. The Labute approximate surface area is 175 Å². The Hall–Kier alpha value is -4.06. The van der Waals surface area contributed by atoms with Gasteiger partial charge in [0.2, 0.25) is 5.91 Å². The Morgan fingerprint density at radius 2 is 1.60 bits per heavy atom. The van der Waals surface area contributed by atoms with Crippen LogP contribution in [0.15, 0.2) is 91.5 Å². The second-order valence-electron chi connectivity index (χ2n) is 6.40. The van der Waals surface area contributed by atoms with Crippen LogP contribution in [0.25, 0.3) is 0 Å². The average Bonchev–Trinajstić information content (AvgIpc) is 2.78. The first kappa shape index (κ1) is 20.7. The number of carbonyl (C=O) groups is 2. The van der Waals surface area contributed by atoms with E-state index in [9.17, 15) is 9.59 Å². The average molecular weight is 401 g/mol. The fourth-order valence-electron chi connectivity index (χ4n) is 2.72. The van der Waals surface area contributed by atoms with Crippen LogP contribution in [0.1, 0.15) is 10.4 Å². The number of ether oxygens (including phenoxy) is 1. The highest BCUT2D eigenvalue weighted by Gasteiger charge is 2.08. The molecule has 2 amide bonds. The Morgan fingerprint density at radius 1 is 0.867 bits per heavy atom. The first-order valence-electron chi connectivity index (χ1n) is 9.48. The zero-order valence-electron chi connectivity index (χ0n) is 16.4. The molecule has 0 atom stereocenters. The molecular weight excluding hydrogens is 378 g/mol. The van der Waals surface area contributed by atoms with Crippen molar-refractivity contribution in [3.8, 4) is 5.75 Å². The van der Waals surface area contributed by atoms with Crippen LogP contribution >= 0.6 is 0 Å². The molecule has 3 rings (SSSR count). The van der Waals surface area contributed by atoms with Crippen LogP contribution in [-0.2, 0) is 4.79 Å². The molecule has 6 heteroatoms. The molecule has 30 heavy (non-hydrogen) atoms. The Balaban J connectivity index is 1.56. The van der Waals surface area contributed by atoms with Crippen LogP contribution in [0, 0.1) is 0 Å². The number of amides is 2. The fourth-order valence-corrected chi connectivity index (χ4v) is 2.72. The van der Waals surface area contributed by atoms with Gasteiger partial charge < -0.3 is 20.7 Å². The van der Waals surface area contributed by atoms with Crippen molar-refractivity contribution in [2.45, 2.75) is 0 Å². The van der Waals surface area contributed by atoms with Crippen LogP contribution in [0.5, 0.6) is 5.75 Å². The van der Waals surface area contributed by atoms with E-state index < -0.39 is 0 Å². The molecule has 0 saturated heterocycles. The molecule has 0 bridgehead atoms. The number of benzene rings is 3. The number of nitrogens with one attached hydrogen (secondary N) is 3. The van der Waals surface area contributed by atoms with Crippen LogP contribution in [0.2, 0.25) is 0 Å². The minimum atomic E-state index is -0.219. The van der Waals surface area contributed by atoms with Gasteiger partial charge in [0.25, 0.3) is 5.91 Å². The molecule has 0 aliphatic rings. The van der Waals surface area contributed by atoms with Crippen LogP contribution in [0.3, 0.4) is 0 Å². The largest absolute Gasteiger partial charge is 0.487 e. The number of para-hydroxylation sites is 2. The highest BCUT2D eigenvalue weighted by Crippen LogP contribution is 2.23. The van der Waals surface area contributed by atoms with Gasteiger partial charge in [-0.25, -0.2) is 0 Å². The Morgan fingerprint density at radius 3 is 2.40 bits per heavy atom. The molecule has 0 spiro atoms. The number of hydrogen-bond donors (Lipinski definition) is 3. The van der Waals surface area contributed by atoms with E-state index in [0.717, 1.165) is 0 Å². The van der Waals surface area contributed by atoms with Gasteiger partial charge in [-0.2, -0.15) is 0 Å². The molecule has 0 unspecified atom stereocenters. The van der Waals surface area contributed by atoms with Gasteiger partial charge in [0.15, 0.2) is 0 Å². The molecule has 0 radical (unpaired) electrons. The Kier molecular flexibility index (Phi) is 7.22. The minimum Gasteiger partial charge on any atom is -0.487 e. The van der Waals surface area contributed by atoms with E-state index in [-0.39, 0.29) is 18.4 Å². The third-order valence-electron chi connectivity index (χ3n) is 4.13. The van der Waals surface area contributed by atoms with Crippen molar-refractivity contribution in [3.63, 3.8) is 0 Å². The van der Waals surface area contributed by atoms with Gasteiger partial charge >= 0.3 is 0 Å². The molecule has 0 fully saturated rings. The lowest BCUT2D eigenvalue weighted by molar-refractivity contribution is -0.114. The number of rotatable bonds is 9. The van der Waals surface area contributed by atoms with E-state index in [1.54, 1.807) is 48.5 Å². The summed E-state index contributed by atoms with van der Waals surface area (Å²) in [5.74, 6) is 0.168. The third-order valence-corrected chi connectivity index (χ3v) is 4.13. The van der Waals surface area contributed by atoms with Gasteiger partial charge in [-0.15, -0.1) is 0 Å². The first-order chi connectivity index (χ1) is 14.7. The van der Waals surface area contributed by atoms with Gasteiger partial charge in [0.05, 0.1) is 12.2 Å². The van der Waals surface area contributed by atoms with Crippen LogP contribution in [0.4, 0.5) is 17.1 Å². The van der Waals surface area contributed by atoms with Crippen molar-refractivity contribution in [2.75, 3.05) is 29.1 Å². The van der Waals surface area contributed by atoms with E-state index in [1.807, 2.05) is 36.4 Å². The Bertz CT molecular complexity index is 1020. The van der Waals surface area contributed by atoms with Gasteiger partial charge in [0, 0.05) is 16.9 Å². The van der Waals surface area contributed by atoms with E-state index >= 15 is 0 Å².